The van der Waals surface area contributed by atoms with E-state index in [0.29, 0.717) is 5.82 Å². The fraction of sp³-hybridized carbons (Fsp3) is 0.455. The second kappa shape index (κ2) is 5.46. The van der Waals surface area contributed by atoms with E-state index >= 15 is 0 Å². The maximum Gasteiger partial charge on any atom is 0.354 e. The molecule has 0 bridgehead atoms. The Hall–Kier alpha value is -1.62. The molecule has 0 aromatic carbocycles. The lowest BCUT2D eigenvalue weighted by Gasteiger charge is -2.18. The van der Waals surface area contributed by atoms with E-state index in [1.54, 1.807) is 12.1 Å². The quantitative estimate of drug-likeness (QED) is 0.783. The van der Waals surface area contributed by atoms with Gasteiger partial charge in [-0.3, -0.25) is 0 Å². The molecule has 0 saturated carbocycles. The third-order valence-corrected chi connectivity index (χ3v) is 2.00. The summed E-state index contributed by atoms with van der Waals surface area (Å²) in [5.41, 5.74) is 0.0575. The number of nitrogens with zero attached hydrogens (tertiary/aromatic N) is 2. The molecular formula is C11H17N3O2. The van der Waals surface area contributed by atoms with E-state index in [1.165, 1.54) is 6.07 Å². The van der Waals surface area contributed by atoms with Gasteiger partial charge in [0, 0.05) is 12.6 Å². The van der Waals surface area contributed by atoms with E-state index in [2.05, 4.69) is 15.2 Å². The minimum Gasteiger partial charge on any atom is -0.477 e. The molecule has 1 heterocycles. The first-order valence-electron chi connectivity index (χ1n) is 5.10. The zero-order chi connectivity index (χ0) is 12.1. The van der Waals surface area contributed by atoms with Gasteiger partial charge < -0.3 is 15.3 Å². The lowest BCUT2D eigenvalue weighted by Crippen LogP contribution is -2.30. The van der Waals surface area contributed by atoms with Gasteiger partial charge in [-0.05, 0) is 33.2 Å². The van der Waals surface area contributed by atoms with E-state index in [4.69, 9.17) is 5.11 Å². The fourth-order valence-corrected chi connectivity index (χ4v) is 1.48. The van der Waals surface area contributed by atoms with Crippen LogP contribution in [0.3, 0.4) is 0 Å². The van der Waals surface area contributed by atoms with Gasteiger partial charge in [-0.1, -0.05) is 6.07 Å². The highest BCUT2D eigenvalue weighted by molar-refractivity contribution is 5.85. The number of carboxylic acid groups (broad SMARTS) is 1. The summed E-state index contributed by atoms with van der Waals surface area (Å²) in [5, 5.41) is 11.9. The standard InChI is InChI=1S/C11H17N3O2/c1-8(7-14(2)3)12-10-6-4-5-9(13-10)11(15)16/h4-6,8H,7H2,1-3H3,(H,12,13)(H,15,16). The maximum absolute atomic E-state index is 10.7. The van der Waals surface area contributed by atoms with Gasteiger partial charge in [0.15, 0.2) is 5.69 Å². The molecule has 1 unspecified atom stereocenters. The van der Waals surface area contributed by atoms with Crippen molar-refractivity contribution in [3.05, 3.63) is 23.9 Å². The summed E-state index contributed by atoms with van der Waals surface area (Å²) in [6, 6.07) is 5.13. The number of aromatic nitrogens is 1. The van der Waals surface area contributed by atoms with Crippen molar-refractivity contribution in [1.29, 1.82) is 0 Å². The summed E-state index contributed by atoms with van der Waals surface area (Å²) in [6.45, 7) is 2.88. The molecule has 5 nitrogen and oxygen atoms in total. The second-order valence-corrected chi connectivity index (χ2v) is 4.02. The minimum absolute atomic E-state index is 0.0575. The van der Waals surface area contributed by atoms with Crippen molar-refractivity contribution in [3.63, 3.8) is 0 Å². The molecule has 16 heavy (non-hydrogen) atoms. The monoisotopic (exact) mass is 223 g/mol. The van der Waals surface area contributed by atoms with Crippen LogP contribution in [0.2, 0.25) is 0 Å². The van der Waals surface area contributed by atoms with Crippen LogP contribution >= 0.6 is 0 Å². The first kappa shape index (κ1) is 12.4. The first-order chi connectivity index (χ1) is 7.49. The van der Waals surface area contributed by atoms with E-state index in [9.17, 15) is 4.79 Å². The largest absolute Gasteiger partial charge is 0.477 e. The Bertz CT molecular complexity index is 366. The number of carboxylic acids is 1. The summed E-state index contributed by atoms with van der Waals surface area (Å²) < 4.78 is 0. The fourth-order valence-electron chi connectivity index (χ4n) is 1.48. The van der Waals surface area contributed by atoms with Gasteiger partial charge in [-0.15, -0.1) is 0 Å². The number of nitrogens with one attached hydrogen (secondary N) is 1. The predicted molar refractivity (Wildman–Crippen MR) is 62.8 cm³/mol. The second-order valence-electron chi connectivity index (χ2n) is 4.02. The van der Waals surface area contributed by atoms with Crippen molar-refractivity contribution in [1.82, 2.24) is 9.88 Å². The number of aromatic carboxylic acids is 1. The molecule has 0 saturated heterocycles. The number of pyridine rings is 1. The Morgan fingerprint density at radius 1 is 1.56 bits per heavy atom. The predicted octanol–water partition coefficient (Wildman–Crippen LogP) is 1.14. The van der Waals surface area contributed by atoms with E-state index < -0.39 is 5.97 Å². The van der Waals surface area contributed by atoms with E-state index in [1.807, 2.05) is 21.0 Å². The topological polar surface area (TPSA) is 65.5 Å². The van der Waals surface area contributed by atoms with Crippen LogP contribution in [0.5, 0.6) is 0 Å². The average Bonchev–Trinajstić information content (AvgIpc) is 2.16. The molecule has 0 aliphatic heterocycles. The Morgan fingerprint density at radius 3 is 2.81 bits per heavy atom. The molecule has 0 fully saturated rings. The van der Waals surface area contributed by atoms with Crippen molar-refractivity contribution in [2.75, 3.05) is 26.0 Å². The van der Waals surface area contributed by atoms with Gasteiger partial charge in [0.25, 0.3) is 0 Å². The Kier molecular flexibility index (Phi) is 4.25. The van der Waals surface area contributed by atoms with Crippen LogP contribution < -0.4 is 5.32 Å². The Balaban J connectivity index is 2.66. The molecule has 5 heteroatoms. The normalized spacial score (nSPS) is 12.5. The van der Waals surface area contributed by atoms with Crippen LogP contribution in [0.4, 0.5) is 5.82 Å². The summed E-state index contributed by atoms with van der Waals surface area (Å²) in [5.74, 6) is -0.418. The average molecular weight is 223 g/mol. The maximum atomic E-state index is 10.7. The van der Waals surface area contributed by atoms with Crippen molar-refractivity contribution in [2.45, 2.75) is 13.0 Å². The third-order valence-electron chi connectivity index (χ3n) is 2.00. The molecule has 1 aromatic heterocycles. The van der Waals surface area contributed by atoms with E-state index in [-0.39, 0.29) is 11.7 Å². The molecule has 0 radical (unpaired) electrons. The van der Waals surface area contributed by atoms with Gasteiger partial charge >= 0.3 is 5.97 Å². The number of likely N-dealkylation sites (N-methyl/N-ethyl adjacent to an activating group) is 1. The van der Waals surface area contributed by atoms with Crippen molar-refractivity contribution in [2.24, 2.45) is 0 Å². The van der Waals surface area contributed by atoms with Crippen LogP contribution in [0.25, 0.3) is 0 Å². The molecule has 0 aliphatic rings. The summed E-state index contributed by atoms with van der Waals surface area (Å²) in [7, 11) is 3.97. The smallest absolute Gasteiger partial charge is 0.354 e. The van der Waals surface area contributed by atoms with Crippen LogP contribution in [-0.4, -0.2) is 47.6 Å². The third kappa shape index (κ3) is 3.86. The molecule has 1 atom stereocenters. The number of anilines is 1. The number of carbonyl (C=O) groups is 1. The zero-order valence-electron chi connectivity index (χ0n) is 9.77. The Labute approximate surface area is 95.1 Å². The highest BCUT2D eigenvalue weighted by Crippen LogP contribution is 2.06. The van der Waals surface area contributed by atoms with Gasteiger partial charge in [0.2, 0.25) is 0 Å². The van der Waals surface area contributed by atoms with Crippen molar-refractivity contribution >= 4 is 11.8 Å². The van der Waals surface area contributed by atoms with Gasteiger partial charge in [-0.2, -0.15) is 0 Å². The van der Waals surface area contributed by atoms with Gasteiger partial charge in [0.1, 0.15) is 5.82 Å². The SMILES string of the molecule is CC(CN(C)C)Nc1cccc(C(=O)O)n1. The molecule has 0 spiro atoms. The summed E-state index contributed by atoms with van der Waals surface area (Å²) in [4.78, 5) is 16.8. The van der Waals surface area contributed by atoms with Crippen molar-refractivity contribution in [3.8, 4) is 0 Å². The van der Waals surface area contributed by atoms with E-state index in [0.717, 1.165) is 6.54 Å². The molecule has 1 aromatic rings. The summed E-state index contributed by atoms with van der Waals surface area (Å²) >= 11 is 0. The van der Waals surface area contributed by atoms with Crippen LogP contribution in [-0.2, 0) is 0 Å². The summed E-state index contributed by atoms with van der Waals surface area (Å²) in [6.07, 6.45) is 0. The highest BCUT2D eigenvalue weighted by Gasteiger charge is 2.07. The number of hydrogen-bond donors (Lipinski definition) is 2. The van der Waals surface area contributed by atoms with Crippen LogP contribution in [0.15, 0.2) is 18.2 Å². The van der Waals surface area contributed by atoms with Gasteiger partial charge in [0.05, 0.1) is 0 Å². The Morgan fingerprint density at radius 2 is 2.25 bits per heavy atom. The first-order valence-corrected chi connectivity index (χ1v) is 5.10. The molecule has 0 aliphatic carbocycles. The molecule has 2 N–H and O–H groups in total. The molecule has 88 valence electrons. The van der Waals surface area contributed by atoms with Crippen molar-refractivity contribution < 1.29 is 9.90 Å². The van der Waals surface area contributed by atoms with Crippen LogP contribution in [0, 0.1) is 0 Å². The highest BCUT2D eigenvalue weighted by atomic mass is 16.4. The number of rotatable bonds is 5. The molecular weight excluding hydrogens is 206 g/mol. The lowest BCUT2D eigenvalue weighted by molar-refractivity contribution is 0.0690. The molecule has 0 amide bonds. The zero-order valence-corrected chi connectivity index (χ0v) is 9.77. The molecule has 1 rings (SSSR count). The lowest BCUT2D eigenvalue weighted by atomic mass is 10.3. The van der Waals surface area contributed by atoms with Gasteiger partial charge in [-0.25, -0.2) is 9.78 Å². The minimum atomic E-state index is -1.01. The number of hydrogen-bond acceptors (Lipinski definition) is 4. The van der Waals surface area contributed by atoms with Crippen LogP contribution in [0.1, 0.15) is 17.4 Å².